The first-order valence-electron chi connectivity index (χ1n) is 5.90. The molecule has 104 valence electrons. The molecule has 0 atom stereocenters. The second-order valence-corrected chi connectivity index (χ2v) is 4.86. The van der Waals surface area contributed by atoms with Gasteiger partial charge in [0, 0.05) is 5.39 Å². The number of nitrogens with zero attached hydrogens (tertiary/aromatic N) is 2. The lowest BCUT2D eigenvalue weighted by molar-refractivity contribution is -0.121. The highest BCUT2D eigenvalue weighted by molar-refractivity contribution is 6.04. The van der Waals surface area contributed by atoms with E-state index in [2.05, 4.69) is 15.5 Å². The Morgan fingerprint density at radius 3 is 2.50 bits per heavy atom. The van der Waals surface area contributed by atoms with Crippen LogP contribution in [0.15, 0.2) is 24.3 Å². The molecule has 0 aliphatic rings. The molecule has 0 unspecified atom stereocenters. The van der Waals surface area contributed by atoms with Crippen LogP contribution in [-0.2, 0) is 4.79 Å². The molecule has 7 heteroatoms. The van der Waals surface area contributed by atoms with E-state index in [0.717, 1.165) is 0 Å². The molecule has 0 aliphatic heterocycles. The number of carboxylic acid groups (broad SMARTS) is 1. The summed E-state index contributed by atoms with van der Waals surface area (Å²) < 4.78 is 0. The van der Waals surface area contributed by atoms with Crippen molar-refractivity contribution in [2.45, 2.75) is 19.4 Å². The van der Waals surface area contributed by atoms with Crippen molar-refractivity contribution in [3.63, 3.8) is 0 Å². The Bertz CT molecular complexity index is 697. The smallest absolute Gasteiger partial charge is 0.358 e. The molecule has 0 fully saturated rings. The number of nitrogens with two attached hydrogens (primary N) is 1. The molecule has 4 N–H and O–H groups in total. The number of primary amides is 1. The molecule has 0 spiro atoms. The number of hydrogen-bond acceptors (Lipinski definition) is 5. The number of aromatic carboxylic acids is 1. The SMILES string of the molecule is CC(C)(Nc1c(C(=O)O)nnc2ccccc12)C(N)=O. The summed E-state index contributed by atoms with van der Waals surface area (Å²) in [7, 11) is 0. The average Bonchev–Trinajstić information content (AvgIpc) is 2.38. The van der Waals surface area contributed by atoms with Crippen LogP contribution < -0.4 is 11.1 Å². The number of carboxylic acids is 1. The van der Waals surface area contributed by atoms with E-state index in [0.29, 0.717) is 10.9 Å². The van der Waals surface area contributed by atoms with Gasteiger partial charge in [-0.1, -0.05) is 18.2 Å². The van der Waals surface area contributed by atoms with Crippen molar-refractivity contribution in [3.8, 4) is 0 Å². The van der Waals surface area contributed by atoms with Crippen molar-refractivity contribution in [1.82, 2.24) is 10.2 Å². The van der Waals surface area contributed by atoms with Gasteiger partial charge in [-0.25, -0.2) is 4.79 Å². The fourth-order valence-electron chi connectivity index (χ4n) is 1.70. The molecule has 0 saturated carbocycles. The lowest BCUT2D eigenvalue weighted by atomic mass is 10.0. The van der Waals surface area contributed by atoms with Gasteiger partial charge < -0.3 is 16.2 Å². The first-order valence-corrected chi connectivity index (χ1v) is 5.90. The predicted molar refractivity (Wildman–Crippen MR) is 73.4 cm³/mol. The van der Waals surface area contributed by atoms with Gasteiger partial charge in [-0.2, -0.15) is 0 Å². The molecule has 2 aromatic rings. The van der Waals surface area contributed by atoms with E-state index in [1.165, 1.54) is 0 Å². The monoisotopic (exact) mass is 274 g/mol. The first-order chi connectivity index (χ1) is 9.33. The molecule has 0 saturated heterocycles. The summed E-state index contributed by atoms with van der Waals surface area (Å²) in [5.74, 6) is -1.83. The number of carbonyl (C=O) groups is 2. The van der Waals surface area contributed by atoms with Crippen LogP contribution in [0.1, 0.15) is 24.3 Å². The number of amides is 1. The van der Waals surface area contributed by atoms with Crippen molar-refractivity contribution in [2.75, 3.05) is 5.32 Å². The summed E-state index contributed by atoms with van der Waals surface area (Å²) in [5, 5.41) is 20.2. The molecule has 0 radical (unpaired) electrons. The summed E-state index contributed by atoms with van der Waals surface area (Å²) in [6.45, 7) is 3.13. The first kappa shape index (κ1) is 13.7. The highest BCUT2D eigenvalue weighted by Gasteiger charge is 2.28. The Kier molecular flexibility index (Phi) is 3.27. The standard InChI is InChI=1S/C13H14N4O3/c1-13(2,12(14)20)15-9-7-5-3-4-6-8(7)16-17-10(9)11(18)19/h3-6H,1-2H3,(H2,14,20)(H,15,16)(H,18,19). The van der Waals surface area contributed by atoms with Crippen LogP contribution in [0.2, 0.25) is 0 Å². The maximum Gasteiger partial charge on any atom is 0.358 e. The van der Waals surface area contributed by atoms with E-state index < -0.39 is 17.4 Å². The van der Waals surface area contributed by atoms with Gasteiger partial charge in [0.25, 0.3) is 0 Å². The number of carbonyl (C=O) groups excluding carboxylic acids is 1. The third kappa shape index (κ3) is 2.37. The maximum absolute atomic E-state index is 11.4. The lowest BCUT2D eigenvalue weighted by Gasteiger charge is -2.25. The zero-order chi connectivity index (χ0) is 14.9. The van der Waals surface area contributed by atoms with Crippen molar-refractivity contribution < 1.29 is 14.7 Å². The van der Waals surface area contributed by atoms with Gasteiger partial charge in [0.15, 0.2) is 5.69 Å². The van der Waals surface area contributed by atoms with E-state index in [1.54, 1.807) is 38.1 Å². The summed E-state index contributed by atoms with van der Waals surface area (Å²) in [4.78, 5) is 22.7. The van der Waals surface area contributed by atoms with Crippen LogP contribution in [0.3, 0.4) is 0 Å². The van der Waals surface area contributed by atoms with E-state index >= 15 is 0 Å². The highest BCUT2D eigenvalue weighted by Crippen LogP contribution is 2.27. The van der Waals surface area contributed by atoms with Crippen LogP contribution in [0.25, 0.3) is 10.9 Å². The third-order valence-electron chi connectivity index (χ3n) is 2.92. The van der Waals surface area contributed by atoms with Crippen LogP contribution in [0.4, 0.5) is 5.69 Å². The minimum Gasteiger partial charge on any atom is -0.476 e. The number of nitrogens with one attached hydrogen (secondary N) is 1. The van der Waals surface area contributed by atoms with Gasteiger partial charge in [0.1, 0.15) is 5.54 Å². The van der Waals surface area contributed by atoms with Gasteiger partial charge in [0.05, 0.1) is 11.2 Å². The molecule has 1 aromatic carbocycles. The summed E-state index contributed by atoms with van der Waals surface area (Å²) in [6, 6.07) is 6.92. The molecule has 1 aromatic heterocycles. The second-order valence-electron chi connectivity index (χ2n) is 4.86. The number of benzene rings is 1. The topological polar surface area (TPSA) is 118 Å². The van der Waals surface area contributed by atoms with Gasteiger partial charge in [-0.05, 0) is 19.9 Å². The van der Waals surface area contributed by atoms with Gasteiger partial charge in [-0.3, -0.25) is 4.79 Å². The van der Waals surface area contributed by atoms with Crippen LogP contribution in [-0.4, -0.2) is 32.7 Å². The fourth-order valence-corrected chi connectivity index (χ4v) is 1.70. The molecule has 1 heterocycles. The van der Waals surface area contributed by atoms with Crippen LogP contribution >= 0.6 is 0 Å². The molecule has 1 amide bonds. The van der Waals surface area contributed by atoms with Crippen molar-refractivity contribution in [1.29, 1.82) is 0 Å². The zero-order valence-electron chi connectivity index (χ0n) is 11.0. The number of hydrogen-bond donors (Lipinski definition) is 3. The third-order valence-corrected chi connectivity index (χ3v) is 2.92. The number of aromatic nitrogens is 2. The van der Waals surface area contributed by atoms with Gasteiger partial charge in [-0.15, -0.1) is 10.2 Å². The number of anilines is 1. The largest absolute Gasteiger partial charge is 0.476 e. The second kappa shape index (κ2) is 4.76. The fraction of sp³-hybridized carbons (Fsp3) is 0.231. The average molecular weight is 274 g/mol. The van der Waals surface area contributed by atoms with E-state index in [1.807, 2.05) is 0 Å². The molecule has 2 rings (SSSR count). The van der Waals surface area contributed by atoms with E-state index in [4.69, 9.17) is 5.73 Å². The van der Waals surface area contributed by atoms with Crippen molar-refractivity contribution in [3.05, 3.63) is 30.0 Å². The quantitative estimate of drug-likeness (QED) is 0.765. The highest BCUT2D eigenvalue weighted by atomic mass is 16.4. The Morgan fingerprint density at radius 2 is 1.90 bits per heavy atom. The van der Waals surface area contributed by atoms with E-state index in [-0.39, 0.29) is 11.4 Å². The molecule has 20 heavy (non-hydrogen) atoms. The Labute approximate surface area is 114 Å². The van der Waals surface area contributed by atoms with E-state index in [9.17, 15) is 14.7 Å². The number of rotatable bonds is 4. The number of fused-ring (bicyclic) bond motifs is 1. The Balaban J connectivity index is 2.67. The molecule has 0 bridgehead atoms. The Hall–Kier alpha value is -2.70. The van der Waals surface area contributed by atoms with Gasteiger partial charge in [0.2, 0.25) is 5.91 Å². The zero-order valence-corrected chi connectivity index (χ0v) is 11.0. The Morgan fingerprint density at radius 1 is 1.25 bits per heavy atom. The molecule has 7 nitrogen and oxygen atoms in total. The van der Waals surface area contributed by atoms with Crippen LogP contribution in [0.5, 0.6) is 0 Å². The molecular formula is C13H14N4O3. The predicted octanol–water partition coefficient (Wildman–Crippen LogP) is 1.00. The van der Waals surface area contributed by atoms with Crippen molar-refractivity contribution in [2.24, 2.45) is 5.73 Å². The summed E-state index contributed by atoms with van der Waals surface area (Å²) in [6.07, 6.45) is 0. The minimum absolute atomic E-state index is 0.229. The summed E-state index contributed by atoms with van der Waals surface area (Å²) >= 11 is 0. The maximum atomic E-state index is 11.4. The lowest BCUT2D eigenvalue weighted by Crippen LogP contribution is -2.45. The molecular weight excluding hydrogens is 260 g/mol. The normalized spacial score (nSPS) is 11.3. The molecule has 0 aliphatic carbocycles. The van der Waals surface area contributed by atoms with Crippen molar-refractivity contribution >= 4 is 28.5 Å². The minimum atomic E-state index is -1.23. The van der Waals surface area contributed by atoms with Gasteiger partial charge >= 0.3 is 5.97 Å². The summed E-state index contributed by atoms with van der Waals surface area (Å²) in [5.41, 5.74) is 4.69. The van der Waals surface area contributed by atoms with Crippen LogP contribution in [0, 0.1) is 0 Å².